The summed E-state index contributed by atoms with van der Waals surface area (Å²) in [6, 6.07) is 17.4. The number of ether oxygens (including phenoxy) is 2. The minimum atomic E-state index is -0.424. The molecule has 0 bridgehead atoms. The van der Waals surface area contributed by atoms with Crippen LogP contribution in [0.15, 0.2) is 66.2 Å². The molecule has 3 N–H and O–H groups in total. The average molecular weight is 434 g/mol. The summed E-state index contributed by atoms with van der Waals surface area (Å²) in [6.45, 7) is 3.47. The number of rotatable bonds is 6. The van der Waals surface area contributed by atoms with Gasteiger partial charge in [-0.15, -0.1) is 11.3 Å². The van der Waals surface area contributed by atoms with E-state index in [1.54, 1.807) is 17.4 Å². The Morgan fingerprint density at radius 3 is 3.03 bits per heavy atom. The molecule has 1 aliphatic heterocycles. The normalized spacial score (nSPS) is 17.5. The van der Waals surface area contributed by atoms with Crippen molar-refractivity contribution in [2.45, 2.75) is 19.0 Å². The van der Waals surface area contributed by atoms with Gasteiger partial charge in [0.25, 0.3) is 5.91 Å². The van der Waals surface area contributed by atoms with Gasteiger partial charge < -0.3 is 25.1 Å². The van der Waals surface area contributed by atoms with Crippen LogP contribution < -0.4 is 20.1 Å². The Bertz CT molecular complexity index is 1220. The highest BCUT2D eigenvalue weighted by Crippen LogP contribution is 2.34. The lowest BCUT2D eigenvalue weighted by atomic mass is 10.0. The van der Waals surface area contributed by atoms with Crippen molar-refractivity contribution in [3.8, 4) is 11.5 Å². The second-order valence-corrected chi connectivity index (χ2v) is 8.99. The summed E-state index contributed by atoms with van der Waals surface area (Å²) in [7, 11) is 0. The molecule has 158 valence electrons. The van der Waals surface area contributed by atoms with Gasteiger partial charge in [0.2, 0.25) is 0 Å². The van der Waals surface area contributed by atoms with Crippen LogP contribution in [0.3, 0.4) is 0 Å². The van der Waals surface area contributed by atoms with Gasteiger partial charge in [-0.3, -0.25) is 4.79 Å². The van der Waals surface area contributed by atoms with Crippen molar-refractivity contribution in [2.75, 3.05) is 18.5 Å². The standard InChI is InChI=1S/C24H23N3O3S/c1-24(14-29-18-5-6-20-16(11-18)8-9-25-20)15-30-22-7-4-17(12-21(22)27-24)23(28)26-13-19-3-2-10-31-19/h2-12,25,27H,13-15H2,1H3,(H,26,28). The van der Waals surface area contributed by atoms with Crippen molar-refractivity contribution < 1.29 is 14.3 Å². The molecular formula is C24H23N3O3S. The molecule has 0 aliphatic carbocycles. The molecule has 2 aromatic carbocycles. The summed E-state index contributed by atoms with van der Waals surface area (Å²) in [5.74, 6) is 1.44. The predicted octanol–water partition coefficient (Wildman–Crippen LogP) is 4.80. The van der Waals surface area contributed by atoms with Gasteiger partial charge in [0, 0.05) is 27.5 Å². The van der Waals surface area contributed by atoms with Gasteiger partial charge >= 0.3 is 0 Å². The van der Waals surface area contributed by atoms with E-state index in [1.165, 1.54) is 0 Å². The number of carbonyl (C=O) groups is 1. The molecule has 1 amide bonds. The van der Waals surface area contributed by atoms with Crippen LogP contribution in [0.25, 0.3) is 10.9 Å². The molecule has 0 saturated heterocycles. The molecule has 0 spiro atoms. The largest absolute Gasteiger partial charge is 0.491 e. The number of benzene rings is 2. The van der Waals surface area contributed by atoms with Gasteiger partial charge in [-0.2, -0.15) is 0 Å². The molecule has 1 unspecified atom stereocenters. The average Bonchev–Trinajstić information content (AvgIpc) is 3.47. The van der Waals surface area contributed by atoms with Gasteiger partial charge in [-0.1, -0.05) is 6.07 Å². The maximum atomic E-state index is 12.6. The van der Waals surface area contributed by atoms with Crippen molar-refractivity contribution in [1.29, 1.82) is 0 Å². The number of nitrogens with one attached hydrogen (secondary N) is 3. The van der Waals surface area contributed by atoms with Gasteiger partial charge in [0.1, 0.15) is 30.3 Å². The van der Waals surface area contributed by atoms with Gasteiger partial charge in [-0.05, 0) is 60.8 Å². The van der Waals surface area contributed by atoms with Crippen molar-refractivity contribution in [3.63, 3.8) is 0 Å². The second kappa shape index (κ2) is 8.00. The van der Waals surface area contributed by atoms with E-state index in [9.17, 15) is 4.79 Å². The summed E-state index contributed by atoms with van der Waals surface area (Å²) in [5, 5.41) is 9.58. The quantitative estimate of drug-likeness (QED) is 0.408. The van der Waals surface area contributed by atoms with Crippen LogP contribution >= 0.6 is 11.3 Å². The first-order valence-electron chi connectivity index (χ1n) is 10.1. The van der Waals surface area contributed by atoms with E-state index in [0.717, 1.165) is 33.0 Å². The molecule has 6 nitrogen and oxygen atoms in total. The smallest absolute Gasteiger partial charge is 0.251 e. The molecule has 2 aromatic heterocycles. The SMILES string of the molecule is CC1(COc2ccc3[nH]ccc3c2)COc2ccc(C(=O)NCc3cccs3)cc2N1. The molecule has 1 aliphatic rings. The number of aromatic nitrogens is 1. The van der Waals surface area contributed by atoms with Gasteiger partial charge in [0.15, 0.2) is 0 Å². The maximum absolute atomic E-state index is 12.6. The highest BCUT2D eigenvalue weighted by atomic mass is 32.1. The summed E-state index contributed by atoms with van der Waals surface area (Å²) in [5.41, 5.74) is 2.04. The Labute approximate surface area is 184 Å². The van der Waals surface area contributed by atoms with E-state index in [-0.39, 0.29) is 5.91 Å². The lowest BCUT2D eigenvalue weighted by Gasteiger charge is -2.36. The van der Waals surface area contributed by atoms with Crippen LogP contribution in [0.2, 0.25) is 0 Å². The monoisotopic (exact) mass is 433 g/mol. The fourth-order valence-corrected chi connectivity index (χ4v) is 4.26. The molecule has 3 heterocycles. The molecule has 5 rings (SSSR count). The first-order chi connectivity index (χ1) is 15.1. The zero-order valence-electron chi connectivity index (χ0n) is 17.1. The minimum absolute atomic E-state index is 0.110. The van der Waals surface area contributed by atoms with Crippen molar-refractivity contribution in [2.24, 2.45) is 0 Å². The summed E-state index contributed by atoms with van der Waals surface area (Å²) in [4.78, 5) is 16.9. The van der Waals surface area contributed by atoms with E-state index in [4.69, 9.17) is 9.47 Å². The molecule has 7 heteroatoms. The summed E-state index contributed by atoms with van der Waals surface area (Å²) < 4.78 is 12.0. The Morgan fingerprint density at radius 2 is 2.16 bits per heavy atom. The van der Waals surface area contributed by atoms with E-state index in [0.29, 0.717) is 25.3 Å². The predicted molar refractivity (Wildman–Crippen MR) is 123 cm³/mol. The molecule has 0 saturated carbocycles. The van der Waals surface area contributed by atoms with Crippen LogP contribution in [-0.2, 0) is 6.54 Å². The third kappa shape index (κ3) is 4.22. The number of fused-ring (bicyclic) bond motifs is 2. The van der Waals surface area contributed by atoms with E-state index in [2.05, 4.69) is 15.6 Å². The van der Waals surface area contributed by atoms with Crippen molar-refractivity contribution in [1.82, 2.24) is 10.3 Å². The summed E-state index contributed by atoms with van der Waals surface area (Å²) >= 11 is 1.62. The third-order valence-corrected chi connectivity index (χ3v) is 6.19. The van der Waals surface area contributed by atoms with Crippen LogP contribution in [-0.4, -0.2) is 29.6 Å². The first-order valence-corrected chi connectivity index (χ1v) is 11.0. The fourth-order valence-electron chi connectivity index (χ4n) is 3.62. The number of H-pyrrole nitrogens is 1. The number of hydrogen-bond acceptors (Lipinski definition) is 5. The van der Waals surface area contributed by atoms with Crippen LogP contribution in [0, 0.1) is 0 Å². The first kappa shape index (κ1) is 19.5. The maximum Gasteiger partial charge on any atom is 0.251 e. The zero-order chi connectivity index (χ0) is 21.3. The van der Waals surface area contributed by atoms with Crippen molar-refractivity contribution >= 4 is 33.8 Å². The molecule has 1 atom stereocenters. The zero-order valence-corrected chi connectivity index (χ0v) is 17.9. The lowest BCUT2D eigenvalue weighted by Crippen LogP contribution is -2.48. The molecule has 0 radical (unpaired) electrons. The van der Waals surface area contributed by atoms with Crippen LogP contribution in [0.4, 0.5) is 5.69 Å². The number of carbonyl (C=O) groups excluding carboxylic acids is 1. The van der Waals surface area contributed by atoms with E-state index in [1.807, 2.05) is 67.0 Å². The number of aromatic amines is 1. The van der Waals surface area contributed by atoms with Crippen molar-refractivity contribution in [3.05, 3.63) is 76.6 Å². The molecule has 4 aromatic rings. The van der Waals surface area contributed by atoms with Crippen LogP contribution in [0.1, 0.15) is 22.2 Å². The number of hydrogen-bond donors (Lipinski definition) is 3. The Balaban J connectivity index is 1.25. The lowest BCUT2D eigenvalue weighted by molar-refractivity contribution is 0.0951. The Hall–Kier alpha value is -3.45. The fraction of sp³-hybridized carbons (Fsp3) is 0.208. The second-order valence-electron chi connectivity index (χ2n) is 7.96. The Kier molecular flexibility index (Phi) is 5.03. The van der Waals surface area contributed by atoms with Gasteiger partial charge in [0.05, 0.1) is 12.2 Å². The van der Waals surface area contributed by atoms with E-state index < -0.39 is 5.54 Å². The minimum Gasteiger partial charge on any atom is -0.491 e. The Morgan fingerprint density at radius 1 is 1.23 bits per heavy atom. The third-order valence-electron chi connectivity index (χ3n) is 5.31. The molecule has 31 heavy (non-hydrogen) atoms. The highest BCUT2D eigenvalue weighted by molar-refractivity contribution is 7.09. The molecular weight excluding hydrogens is 410 g/mol. The van der Waals surface area contributed by atoms with E-state index >= 15 is 0 Å². The van der Waals surface area contributed by atoms with Gasteiger partial charge in [-0.25, -0.2) is 0 Å². The highest BCUT2D eigenvalue weighted by Gasteiger charge is 2.32. The molecule has 0 fully saturated rings. The number of thiophene rings is 1. The topological polar surface area (TPSA) is 75.4 Å². The summed E-state index contributed by atoms with van der Waals surface area (Å²) in [6.07, 6.45) is 1.91. The van der Waals surface area contributed by atoms with Crippen LogP contribution in [0.5, 0.6) is 11.5 Å². The number of anilines is 1. The number of amides is 1.